The molecule has 2 aromatic carbocycles. The standard InChI is InChI=1S/C20H25N3O/c1-2-23(19-9-5-3-6-10-19)20(24)21-17-11-13-18(14-12-17)22-15-7-4-8-16-22/h3,5-6,9-14H,2,4,7-8,15-16H2,1H3,(H,21,24). The van der Waals surface area contributed by atoms with Gasteiger partial charge in [0.2, 0.25) is 0 Å². The van der Waals surface area contributed by atoms with Crippen molar-refractivity contribution in [3.8, 4) is 0 Å². The van der Waals surface area contributed by atoms with Gasteiger partial charge in [-0.05, 0) is 62.6 Å². The monoisotopic (exact) mass is 323 g/mol. The van der Waals surface area contributed by atoms with E-state index < -0.39 is 0 Å². The minimum Gasteiger partial charge on any atom is -0.372 e. The summed E-state index contributed by atoms with van der Waals surface area (Å²) in [5.41, 5.74) is 2.97. The minimum atomic E-state index is -0.102. The molecule has 1 heterocycles. The molecule has 1 aliphatic rings. The van der Waals surface area contributed by atoms with Gasteiger partial charge in [0, 0.05) is 36.7 Å². The molecule has 2 amide bonds. The topological polar surface area (TPSA) is 35.6 Å². The highest BCUT2D eigenvalue weighted by molar-refractivity contribution is 6.01. The Morgan fingerprint density at radius 2 is 1.67 bits per heavy atom. The van der Waals surface area contributed by atoms with Gasteiger partial charge in [-0.25, -0.2) is 4.79 Å². The summed E-state index contributed by atoms with van der Waals surface area (Å²) in [5, 5.41) is 2.99. The maximum atomic E-state index is 12.5. The number of nitrogens with zero attached hydrogens (tertiary/aromatic N) is 2. The first-order valence-electron chi connectivity index (χ1n) is 8.76. The number of hydrogen-bond donors (Lipinski definition) is 1. The molecule has 0 aromatic heterocycles. The fourth-order valence-corrected chi connectivity index (χ4v) is 3.15. The van der Waals surface area contributed by atoms with E-state index in [0.717, 1.165) is 24.5 Å². The van der Waals surface area contributed by atoms with Crippen LogP contribution in [0.4, 0.5) is 21.9 Å². The summed E-state index contributed by atoms with van der Waals surface area (Å²) in [4.78, 5) is 16.7. The van der Waals surface area contributed by atoms with Crippen LogP contribution < -0.4 is 15.1 Å². The third-order valence-electron chi connectivity index (χ3n) is 4.47. The van der Waals surface area contributed by atoms with Gasteiger partial charge < -0.3 is 10.2 Å². The Balaban J connectivity index is 1.65. The van der Waals surface area contributed by atoms with Crippen LogP contribution in [0.1, 0.15) is 26.2 Å². The van der Waals surface area contributed by atoms with Crippen LogP contribution in [-0.2, 0) is 0 Å². The molecular weight excluding hydrogens is 298 g/mol. The van der Waals surface area contributed by atoms with Gasteiger partial charge in [0.15, 0.2) is 0 Å². The lowest BCUT2D eigenvalue weighted by Gasteiger charge is -2.29. The highest BCUT2D eigenvalue weighted by Crippen LogP contribution is 2.22. The number of nitrogens with one attached hydrogen (secondary N) is 1. The molecule has 24 heavy (non-hydrogen) atoms. The van der Waals surface area contributed by atoms with Crippen LogP contribution in [-0.4, -0.2) is 25.7 Å². The Bertz CT molecular complexity index is 648. The van der Waals surface area contributed by atoms with Crippen LogP contribution >= 0.6 is 0 Å². The minimum absolute atomic E-state index is 0.102. The summed E-state index contributed by atoms with van der Waals surface area (Å²) in [5.74, 6) is 0. The second-order valence-electron chi connectivity index (χ2n) is 6.10. The first-order chi connectivity index (χ1) is 11.8. The number of urea groups is 1. The lowest BCUT2D eigenvalue weighted by Crippen LogP contribution is -2.34. The van der Waals surface area contributed by atoms with Crippen molar-refractivity contribution in [1.82, 2.24) is 0 Å². The van der Waals surface area contributed by atoms with Gasteiger partial charge in [-0.15, -0.1) is 0 Å². The lowest BCUT2D eigenvalue weighted by atomic mass is 10.1. The van der Waals surface area contributed by atoms with E-state index in [2.05, 4.69) is 22.3 Å². The van der Waals surface area contributed by atoms with Crippen molar-refractivity contribution in [2.24, 2.45) is 0 Å². The Kier molecular flexibility index (Phi) is 5.36. The third-order valence-corrected chi connectivity index (χ3v) is 4.47. The van der Waals surface area contributed by atoms with Crippen molar-refractivity contribution in [1.29, 1.82) is 0 Å². The highest BCUT2D eigenvalue weighted by atomic mass is 16.2. The summed E-state index contributed by atoms with van der Waals surface area (Å²) in [7, 11) is 0. The second-order valence-corrected chi connectivity index (χ2v) is 6.10. The van der Waals surface area contributed by atoms with Gasteiger partial charge in [0.05, 0.1) is 0 Å². The zero-order chi connectivity index (χ0) is 16.8. The molecule has 0 saturated carbocycles. The van der Waals surface area contributed by atoms with Crippen LogP contribution in [0.3, 0.4) is 0 Å². The van der Waals surface area contributed by atoms with E-state index in [0.29, 0.717) is 6.54 Å². The average molecular weight is 323 g/mol. The summed E-state index contributed by atoms with van der Waals surface area (Å²) >= 11 is 0. The first kappa shape index (κ1) is 16.4. The van der Waals surface area contributed by atoms with Crippen molar-refractivity contribution in [2.75, 3.05) is 34.8 Å². The van der Waals surface area contributed by atoms with Gasteiger partial charge in [0.1, 0.15) is 0 Å². The number of benzene rings is 2. The maximum absolute atomic E-state index is 12.5. The van der Waals surface area contributed by atoms with Crippen LogP contribution in [0.25, 0.3) is 0 Å². The summed E-state index contributed by atoms with van der Waals surface area (Å²) in [6.07, 6.45) is 3.86. The molecule has 1 saturated heterocycles. The van der Waals surface area contributed by atoms with Crippen molar-refractivity contribution in [3.63, 3.8) is 0 Å². The number of hydrogen-bond acceptors (Lipinski definition) is 2. The molecule has 0 atom stereocenters. The van der Waals surface area contributed by atoms with E-state index >= 15 is 0 Å². The molecule has 1 fully saturated rings. The second kappa shape index (κ2) is 7.86. The quantitative estimate of drug-likeness (QED) is 0.882. The molecular formula is C20H25N3O. The number of rotatable bonds is 4. The number of piperidine rings is 1. The molecule has 0 spiro atoms. The average Bonchev–Trinajstić information content (AvgIpc) is 2.64. The fraction of sp³-hybridized carbons (Fsp3) is 0.350. The van der Waals surface area contributed by atoms with Crippen molar-refractivity contribution >= 4 is 23.1 Å². The molecule has 0 unspecified atom stereocenters. The molecule has 4 heteroatoms. The Morgan fingerprint density at radius 3 is 2.29 bits per heavy atom. The predicted octanol–water partition coefficient (Wildman–Crippen LogP) is 4.74. The van der Waals surface area contributed by atoms with E-state index in [1.165, 1.54) is 24.9 Å². The molecule has 1 N–H and O–H groups in total. The van der Waals surface area contributed by atoms with Crippen LogP contribution in [0.2, 0.25) is 0 Å². The third kappa shape index (κ3) is 3.88. The number of carbonyl (C=O) groups excluding carboxylic acids is 1. The zero-order valence-corrected chi connectivity index (χ0v) is 14.2. The zero-order valence-electron chi connectivity index (χ0n) is 14.2. The van der Waals surface area contributed by atoms with E-state index in [4.69, 9.17) is 0 Å². The molecule has 2 aromatic rings. The molecule has 1 aliphatic heterocycles. The molecule has 0 radical (unpaired) electrons. The molecule has 3 rings (SSSR count). The van der Waals surface area contributed by atoms with Gasteiger partial charge >= 0.3 is 6.03 Å². The molecule has 4 nitrogen and oxygen atoms in total. The summed E-state index contributed by atoms with van der Waals surface area (Å²) in [6.45, 7) is 4.86. The van der Waals surface area contributed by atoms with E-state index in [9.17, 15) is 4.79 Å². The largest absolute Gasteiger partial charge is 0.372 e. The van der Waals surface area contributed by atoms with Crippen LogP contribution in [0, 0.1) is 0 Å². The molecule has 0 aliphatic carbocycles. The van der Waals surface area contributed by atoms with Crippen molar-refractivity contribution in [3.05, 3.63) is 54.6 Å². The van der Waals surface area contributed by atoms with Gasteiger partial charge in [-0.3, -0.25) is 4.90 Å². The normalized spacial score (nSPS) is 14.3. The Hall–Kier alpha value is -2.49. The summed E-state index contributed by atoms with van der Waals surface area (Å²) in [6, 6.07) is 17.8. The Labute approximate surface area is 144 Å². The van der Waals surface area contributed by atoms with Gasteiger partial charge in [-0.2, -0.15) is 0 Å². The Morgan fingerprint density at radius 1 is 1.00 bits per heavy atom. The number of amides is 2. The number of carbonyl (C=O) groups is 1. The van der Waals surface area contributed by atoms with E-state index in [-0.39, 0.29) is 6.03 Å². The smallest absolute Gasteiger partial charge is 0.326 e. The SMILES string of the molecule is CCN(C(=O)Nc1ccc(N2CCCCC2)cc1)c1ccccc1. The predicted molar refractivity (Wildman–Crippen MR) is 101 cm³/mol. The first-order valence-corrected chi connectivity index (χ1v) is 8.76. The van der Waals surface area contributed by atoms with Crippen molar-refractivity contribution < 1.29 is 4.79 Å². The lowest BCUT2D eigenvalue weighted by molar-refractivity contribution is 0.257. The van der Waals surface area contributed by atoms with Crippen LogP contribution in [0.5, 0.6) is 0 Å². The number of para-hydroxylation sites is 1. The maximum Gasteiger partial charge on any atom is 0.326 e. The van der Waals surface area contributed by atoms with Crippen LogP contribution in [0.15, 0.2) is 54.6 Å². The van der Waals surface area contributed by atoms with Gasteiger partial charge in [-0.1, -0.05) is 18.2 Å². The highest BCUT2D eigenvalue weighted by Gasteiger charge is 2.14. The van der Waals surface area contributed by atoms with E-state index in [1.807, 2.05) is 49.4 Å². The van der Waals surface area contributed by atoms with Gasteiger partial charge in [0.25, 0.3) is 0 Å². The number of anilines is 3. The summed E-state index contributed by atoms with van der Waals surface area (Å²) < 4.78 is 0. The van der Waals surface area contributed by atoms with E-state index in [1.54, 1.807) is 4.90 Å². The molecule has 0 bridgehead atoms. The fourth-order valence-electron chi connectivity index (χ4n) is 3.15. The molecule has 126 valence electrons. The van der Waals surface area contributed by atoms with Crippen molar-refractivity contribution in [2.45, 2.75) is 26.2 Å².